The predicted octanol–water partition coefficient (Wildman–Crippen LogP) is 1.73. The van der Waals surface area contributed by atoms with Gasteiger partial charge in [-0.2, -0.15) is 0 Å². The Morgan fingerprint density at radius 1 is 1.40 bits per heavy atom. The molecule has 0 aliphatic rings. The van der Waals surface area contributed by atoms with Crippen LogP contribution < -0.4 is 4.74 Å². The summed E-state index contributed by atoms with van der Waals surface area (Å²) in [4.78, 5) is 11.0. The molecule has 0 aliphatic heterocycles. The molecule has 0 amide bonds. The third kappa shape index (κ3) is 3.67. The highest BCUT2D eigenvalue weighted by Crippen LogP contribution is 2.17. The number of ether oxygens (including phenoxy) is 2. The van der Waals surface area contributed by atoms with E-state index in [-0.39, 0.29) is 24.7 Å². The smallest absolute Gasteiger partial charge is 0.195 e. The Hall–Kier alpha value is -1.42. The van der Waals surface area contributed by atoms with Crippen molar-refractivity contribution in [2.24, 2.45) is 0 Å². The molecule has 0 radical (unpaired) electrons. The van der Waals surface area contributed by atoms with E-state index in [1.165, 1.54) is 13.2 Å². The monoisotopic (exact) mass is 212 g/mol. The van der Waals surface area contributed by atoms with E-state index in [1.807, 2.05) is 6.92 Å². The van der Waals surface area contributed by atoms with E-state index in [9.17, 15) is 9.18 Å². The lowest BCUT2D eigenvalue weighted by atomic mass is 10.2. The minimum absolute atomic E-state index is 0.0204. The molecule has 0 N–H and O–H groups in total. The second-order valence-electron chi connectivity index (χ2n) is 3.19. The number of methoxy groups -OCH3 is 1. The number of carbonyl (C=O) groups excluding carboxylic acids is 1. The second-order valence-corrected chi connectivity index (χ2v) is 3.19. The number of hydrogen-bond acceptors (Lipinski definition) is 3. The molecule has 0 unspecified atom stereocenters. The van der Waals surface area contributed by atoms with Crippen LogP contribution >= 0.6 is 0 Å². The van der Waals surface area contributed by atoms with Gasteiger partial charge >= 0.3 is 0 Å². The van der Waals surface area contributed by atoms with Gasteiger partial charge in [-0.15, -0.1) is 0 Å². The van der Waals surface area contributed by atoms with Gasteiger partial charge in [-0.1, -0.05) is 6.07 Å². The largest absolute Gasteiger partial charge is 0.483 e. The molecule has 0 heterocycles. The molecule has 4 heteroatoms. The van der Waals surface area contributed by atoms with Crippen LogP contribution in [0.5, 0.6) is 5.75 Å². The zero-order valence-corrected chi connectivity index (χ0v) is 8.75. The van der Waals surface area contributed by atoms with Gasteiger partial charge in [0.1, 0.15) is 13.2 Å². The van der Waals surface area contributed by atoms with Crippen molar-refractivity contribution in [3.63, 3.8) is 0 Å². The lowest BCUT2D eigenvalue weighted by Crippen LogP contribution is -2.16. The molecular weight excluding hydrogens is 199 g/mol. The summed E-state index contributed by atoms with van der Waals surface area (Å²) in [6.07, 6.45) is 0. The van der Waals surface area contributed by atoms with Crippen molar-refractivity contribution >= 4 is 5.78 Å². The van der Waals surface area contributed by atoms with Crippen molar-refractivity contribution < 1.29 is 18.7 Å². The highest BCUT2D eigenvalue weighted by molar-refractivity contribution is 5.81. The molecule has 1 aromatic carbocycles. The number of rotatable bonds is 5. The third-order valence-electron chi connectivity index (χ3n) is 1.78. The molecule has 0 aliphatic carbocycles. The summed E-state index contributed by atoms with van der Waals surface area (Å²) in [5, 5.41) is 0. The Bertz CT molecular complexity index is 350. The summed E-state index contributed by atoms with van der Waals surface area (Å²) in [6, 6.07) is 4.50. The first-order chi connectivity index (χ1) is 7.13. The van der Waals surface area contributed by atoms with Crippen LogP contribution in [0.25, 0.3) is 0 Å². The molecule has 0 aromatic heterocycles. The molecule has 3 nitrogen and oxygen atoms in total. The van der Waals surface area contributed by atoms with Crippen LogP contribution in [0.1, 0.15) is 5.56 Å². The van der Waals surface area contributed by atoms with Crippen LogP contribution in [0.3, 0.4) is 0 Å². The highest BCUT2D eigenvalue weighted by Gasteiger charge is 2.06. The van der Waals surface area contributed by atoms with E-state index < -0.39 is 5.82 Å². The van der Waals surface area contributed by atoms with Crippen molar-refractivity contribution in [1.29, 1.82) is 0 Å². The number of benzene rings is 1. The lowest BCUT2D eigenvalue weighted by Gasteiger charge is -2.06. The molecule has 1 aromatic rings. The van der Waals surface area contributed by atoms with Crippen LogP contribution in [0, 0.1) is 12.7 Å². The number of halogens is 1. The first kappa shape index (κ1) is 11.7. The fraction of sp³-hybridized carbons (Fsp3) is 0.364. The van der Waals surface area contributed by atoms with Gasteiger partial charge in [0.2, 0.25) is 0 Å². The van der Waals surface area contributed by atoms with Crippen molar-refractivity contribution in [1.82, 2.24) is 0 Å². The molecule has 15 heavy (non-hydrogen) atoms. The lowest BCUT2D eigenvalue weighted by molar-refractivity contribution is -0.124. The van der Waals surface area contributed by atoms with E-state index in [0.717, 1.165) is 5.56 Å². The van der Waals surface area contributed by atoms with E-state index in [0.29, 0.717) is 0 Å². The van der Waals surface area contributed by atoms with Gasteiger partial charge in [0.25, 0.3) is 0 Å². The zero-order valence-electron chi connectivity index (χ0n) is 8.75. The summed E-state index contributed by atoms with van der Waals surface area (Å²) >= 11 is 0. The first-order valence-electron chi connectivity index (χ1n) is 4.53. The van der Waals surface area contributed by atoms with Gasteiger partial charge in [-0.05, 0) is 24.6 Å². The van der Waals surface area contributed by atoms with Gasteiger partial charge in [-0.3, -0.25) is 4.79 Å². The maximum Gasteiger partial charge on any atom is 0.195 e. The van der Waals surface area contributed by atoms with Crippen LogP contribution in [-0.2, 0) is 9.53 Å². The molecule has 82 valence electrons. The zero-order chi connectivity index (χ0) is 11.3. The average Bonchev–Trinajstić information content (AvgIpc) is 2.20. The van der Waals surface area contributed by atoms with Crippen molar-refractivity contribution in [3.05, 3.63) is 29.6 Å². The van der Waals surface area contributed by atoms with E-state index in [2.05, 4.69) is 4.74 Å². The number of Topliss-reactive ketones (excluding diaryl/α,β-unsaturated/α-hetero) is 1. The standard InChI is InChI=1S/C11H13FO3/c1-8-3-4-10(12)11(5-8)15-7-9(13)6-14-2/h3-5H,6-7H2,1-2H3. The molecule has 1 rings (SSSR count). The molecule has 0 saturated heterocycles. The van der Waals surface area contributed by atoms with E-state index in [1.54, 1.807) is 12.1 Å². The Morgan fingerprint density at radius 3 is 2.80 bits per heavy atom. The van der Waals surface area contributed by atoms with E-state index >= 15 is 0 Å². The van der Waals surface area contributed by atoms with Crippen LogP contribution in [0.2, 0.25) is 0 Å². The summed E-state index contributed by atoms with van der Waals surface area (Å²) in [5.74, 6) is -0.594. The highest BCUT2D eigenvalue weighted by atomic mass is 19.1. The second kappa shape index (κ2) is 5.46. The van der Waals surface area contributed by atoms with Gasteiger partial charge in [-0.25, -0.2) is 4.39 Å². The first-order valence-corrected chi connectivity index (χ1v) is 4.53. The summed E-state index contributed by atoms with van der Waals surface area (Å²) in [7, 11) is 1.42. The minimum atomic E-state index is -0.467. The van der Waals surface area contributed by atoms with Crippen molar-refractivity contribution in [2.45, 2.75) is 6.92 Å². The van der Waals surface area contributed by atoms with Crippen molar-refractivity contribution in [3.8, 4) is 5.75 Å². The molecule has 0 bridgehead atoms. The van der Waals surface area contributed by atoms with Crippen LogP contribution in [-0.4, -0.2) is 26.1 Å². The maximum atomic E-state index is 13.1. The SMILES string of the molecule is COCC(=O)COc1cc(C)ccc1F. The van der Waals surface area contributed by atoms with Crippen LogP contribution in [0.4, 0.5) is 4.39 Å². The molecule has 0 spiro atoms. The van der Waals surface area contributed by atoms with Gasteiger partial charge < -0.3 is 9.47 Å². The minimum Gasteiger partial charge on any atom is -0.483 e. The average molecular weight is 212 g/mol. The Kier molecular flexibility index (Phi) is 4.24. The Labute approximate surface area is 87.8 Å². The molecular formula is C11H13FO3. The summed E-state index contributed by atoms with van der Waals surface area (Å²) in [6.45, 7) is 1.63. The van der Waals surface area contributed by atoms with Crippen LogP contribution in [0.15, 0.2) is 18.2 Å². The fourth-order valence-corrected chi connectivity index (χ4v) is 1.08. The Morgan fingerprint density at radius 2 is 2.13 bits per heavy atom. The summed E-state index contributed by atoms with van der Waals surface area (Å²) < 4.78 is 22.8. The maximum absolute atomic E-state index is 13.1. The normalized spacial score (nSPS) is 10.1. The number of aryl methyl sites for hydroxylation is 1. The Balaban J connectivity index is 2.57. The quantitative estimate of drug-likeness (QED) is 0.745. The summed E-state index contributed by atoms with van der Waals surface area (Å²) in [5.41, 5.74) is 0.880. The molecule has 0 atom stereocenters. The predicted molar refractivity (Wildman–Crippen MR) is 53.5 cm³/mol. The van der Waals surface area contributed by atoms with Gasteiger partial charge in [0.05, 0.1) is 0 Å². The third-order valence-corrected chi connectivity index (χ3v) is 1.78. The van der Waals surface area contributed by atoms with Gasteiger partial charge in [0, 0.05) is 7.11 Å². The van der Waals surface area contributed by atoms with Gasteiger partial charge in [0.15, 0.2) is 17.3 Å². The molecule has 0 fully saturated rings. The molecule has 0 saturated carbocycles. The van der Waals surface area contributed by atoms with E-state index in [4.69, 9.17) is 4.74 Å². The fourth-order valence-electron chi connectivity index (χ4n) is 1.08. The number of hydrogen-bond donors (Lipinski definition) is 0. The number of carbonyl (C=O) groups is 1. The topological polar surface area (TPSA) is 35.5 Å². The number of ketones is 1. The van der Waals surface area contributed by atoms with Crippen molar-refractivity contribution in [2.75, 3.05) is 20.3 Å².